The van der Waals surface area contributed by atoms with Gasteiger partial charge in [0.2, 0.25) is 0 Å². The molecule has 0 amide bonds. The molecule has 0 aliphatic heterocycles. The number of anilines is 1. The number of halogens is 3. The van der Waals surface area contributed by atoms with Crippen LogP contribution in [-0.4, -0.2) is 30.2 Å². The highest BCUT2D eigenvalue weighted by Crippen LogP contribution is 2.36. The molecule has 15 heavy (non-hydrogen) atoms. The van der Waals surface area contributed by atoms with E-state index in [1.54, 1.807) is 0 Å². The zero-order valence-corrected chi connectivity index (χ0v) is 8.61. The van der Waals surface area contributed by atoms with Gasteiger partial charge in [-0.1, -0.05) is 11.3 Å². The first-order valence-corrected chi connectivity index (χ1v) is 4.53. The fraction of sp³-hybridized carbons (Fsp3) is 0.429. The Kier molecular flexibility index (Phi) is 2.89. The third kappa shape index (κ3) is 2.38. The van der Waals surface area contributed by atoms with E-state index >= 15 is 0 Å². The molecular weight excluding hydrogens is 233 g/mol. The molecule has 84 valence electrons. The van der Waals surface area contributed by atoms with Crippen LogP contribution in [0.2, 0.25) is 0 Å². The maximum Gasteiger partial charge on any atom is 0.435 e. The van der Waals surface area contributed by atoms with Crippen LogP contribution >= 0.6 is 11.3 Å². The number of aromatic nitrogens is 1. The Bertz CT molecular complexity index is 386. The minimum atomic E-state index is -4.74. The summed E-state index contributed by atoms with van der Waals surface area (Å²) in [6.07, 6.45) is -4.74. The minimum Gasteiger partial charge on any atom is -0.477 e. The summed E-state index contributed by atoms with van der Waals surface area (Å²) in [5.41, 5.74) is -1.34. The van der Waals surface area contributed by atoms with Crippen molar-refractivity contribution < 1.29 is 23.1 Å². The Balaban J connectivity index is 3.30. The predicted octanol–water partition coefficient (Wildman–Crippen LogP) is 1.93. The van der Waals surface area contributed by atoms with Gasteiger partial charge in [-0.2, -0.15) is 13.2 Å². The van der Waals surface area contributed by atoms with Crippen molar-refractivity contribution in [1.82, 2.24) is 4.98 Å². The summed E-state index contributed by atoms with van der Waals surface area (Å²) in [7, 11) is 2.98. The van der Waals surface area contributed by atoms with E-state index < -0.39 is 22.7 Å². The average Bonchev–Trinajstić information content (AvgIpc) is 2.45. The molecule has 0 fully saturated rings. The molecule has 0 spiro atoms. The van der Waals surface area contributed by atoms with Gasteiger partial charge in [0, 0.05) is 14.1 Å². The molecule has 4 nitrogen and oxygen atoms in total. The number of hydrogen-bond donors (Lipinski definition) is 1. The first-order valence-electron chi connectivity index (χ1n) is 3.72. The van der Waals surface area contributed by atoms with Crippen LogP contribution in [-0.2, 0) is 6.18 Å². The van der Waals surface area contributed by atoms with Crippen LogP contribution < -0.4 is 4.90 Å². The van der Waals surface area contributed by atoms with E-state index in [4.69, 9.17) is 5.11 Å². The number of aromatic carboxylic acids is 1. The lowest BCUT2D eigenvalue weighted by atomic mass is 10.3. The molecule has 1 aromatic rings. The van der Waals surface area contributed by atoms with Crippen molar-refractivity contribution in [1.29, 1.82) is 0 Å². The molecule has 1 rings (SSSR count). The summed E-state index contributed by atoms with van der Waals surface area (Å²) in [5.74, 6) is -1.62. The Hall–Kier alpha value is -1.31. The van der Waals surface area contributed by atoms with Gasteiger partial charge < -0.3 is 10.0 Å². The van der Waals surface area contributed by atoms with Gasteiger partial charge in [-0.3, -0.25) is 0 Å². The number of carbonyl (C=O) groups is 1. The van der Waals surface area contributed by atoms with Crippen LogP contribution in [0.4, 0.5) is 18.3 Å². The maximum absolute atomic E-state index is 12.3. The van der Waals surface area contributed by atoms with Crippen molar-refractivity contribution in [3.63, 3.8) is 0 Å². The Morgan fingerprint density at radius 3 is 2.27 bits per heavy atom. The Labute approximate surface area is 87.0 Å². The minimum absolute atomic E-state index is 0.0136. The normalized spacial score (nSPS) is 11.5. The van der Waals surface area contributed by atoms with Crippen molar-refractivity contribution in [3.8, 4) is 0 Å². The van der Waals surface area contributed by atoms with Gasteiger partial charge in [0.05, 0.1) is 0 Å². The van der Waals surface area contributed by atoms with Crippen LogP contribution in [0.25, 0.3) is 0 Å². The standard InChI is InChI=1S/C7H7F3N2O2S/c1-12(2)6-11-4(7(8,9)10)3(15-6)5(13)14/h1-2H3,(H,13,14). The molecule has 0 aromatic carbocycles. The second-order valence-corrected chi connectivity index (χ2v) is 3.85. The van der Waals surface area contributed by atoms with Gasteiger partial charge >= 0.3 is 12.1 Å². The Morgan fingerprint density at radius 2 is 2.00 bits per heavy atom. The molecular formula is C7H7F3N2O2S. The number of carboxylic acids is 1. The number of thiazole rings is 1. The van der Waals surface area contributed by atoms with Gasteiger partial charge in [-0.25, -0.2) is 9.78 Å². The van der Waals surface area contributed by atoms with Gasteiger partial charge in [0.25, 0.3) is 0 Å². The Morgan fingerprint density at radius 1 is 1.47 bits per heavy atom. The van der Waals surface area contributed by atoms with Crippen LogP contribution in [0, 0.1) is 0 Å². The summed E-state index contributed by atoms with van der Waals surface area (Å²) < 4.78 is 37.0. The largest absolute Gasteiger partial charge is 0.477 e. The zero-order chi connectivity index (χ0) is 11.8. The van der Waals surface area contributed by atoms with E-state index in [0.29, 0.717) is 11.3 Å². The number of rotatable bonds is 2. The highest BCUT2D eigenvalue weighted by Gasteiger charge is 2.39. The van der Waals surface area contributed by atoms with Crippen molar-refractivity contribution in [2.75, 3.05) is 19.0 Å². The summed E-state index contributed by atoms with van der Waals surface area (Å²) >= 11 is 0.498. The first-order chi connectivity index (χ1) is 6.73. The van der Waals surface area contributed by atoms with E-state index in [1.807, 2.05) is 0 Å². The first kappa shape index (κ1) is 11.8. The third-order valence-corrected chi connectivity index (χ3v) is 2.67. The van der Waals surface area contributed by atoms with Crippen LogP contribution in [0.1, 0.15) is 15.4 Å². The quantitative estimate of drug-likeness (QED) is 0.858. The molecule has 0 bridgehead atoms. The topological polar surface area (TPSA) is 53.4 Å². The molecule has 0 aliphatic rings. The van der Waals surface area contributed by atoms with Crippen LogP contribution in [0.5, 0.6) is 0 Å². The van der Waals surface area contributed by atoms with Gasteiger partial charge in [-0.05, 0) is 0 Å². The SMILES string of the molecule is CN(C)c1nc(C(F)(F)F)c(C(=O)O)s1. The molecule has 8 heteroatoms. The number of hydrogen-bond acceptors (Lipinski definition) is 4. The lowest BCUT2D eigenvalue weighted by molar-refractivity contribution is -0.141. The molecule has 0 saturated heterocycles. The van der Waals surface area contributed by atoms with Gasteiger partial charge in [0.1, 0.15) is 4.88 Å². The molecule has 1 N–H and O–H groups in total. The van der Waals surface area contributed by atoms with Crippen LogP contribution in [0.3, 0.4) is 0 Å². The number of carboxylic acid groups (broad SMARTS) is 1. The fourth-order valence-electron chi connectivity index (χ4n) is 0.837. The lowest BCUT2D eigenvalue weighted by Crippen LogP contribution is -2.12. The zero-order valence-electron chi connectivity index (χ0n) is 7.79. The highest BCUT2D eigenvalue weighted by molar-refractivity contribution is 7.17. The average molecular weight is 240 g/mol. The summed E-state index contributed by atoms with van der Waals surface area (Å²) in [6, 6.07) is 0. The molecule has 0 radical (unpaired) electrons. The molecule has 1 heterocycles. The van der Waals surface area contributed by atoms with E-state index in [9.17, 15) is 18.0 Å². The third-order valence-electron chi connectivity index (χ3n) is 1.46. The predicted molar refractivity (Wildman–Crippen MR) is 48.4 cm³/mol. The molecule has 0 atom stereocenters. The summed E-state index contributed by atoms with van der Waals surface area (Å²) in [5, 5.41) is 8.59. The summed E-state index contributed by atoms with van der Waals surface area (Å²) in [6.45, 7) is 0. The fourth-order valence-corrected chi connectivity index (χ4v) is 1.68. The molecule has 0 saturated carbocycles. The van der Waals surface area contributed by atoms with E-state index in [0.717, 1.165) is 0 Å². The van der Waals surface area contributed by atoms with Gasteiger partial charge in [0.15, 0.2) is 10.8 Å². The van der Waals surface area contributed by atoms with Crippen molar-refractivity contribution in [2.24, 2.45) is 0 Å². The molecule has 0 aliphatic carbocycles. The highest BCUT2D eigenvalue weighted by atomic mass is 32.1. The lowest BCUT2D eigenvalue weighted by Gasteiger charge is -2.06. The number of nitrogens with zero attached hydrogens (tertiary/aromatic N) is 2. The second kappa shape index (κ2) is 3.69. The van der Waals surface area contributed by atoms with E-state index in [2.05, 4.69) is 4.98 Å². The van der Waals surface area contributed by atoms with Gasteiger partial charge in [-0.15, -0.1) is 0 Å². The van der Waals surface area contributed by atoms with Crippen molar-refractivity contribution >= 4 is 22.4 Å². The smallest absolute Gasteiger partial charge is 0.435 e. The van der Waals surface area contributed by atoms with E-state index in [1.165, 1.54) is 19.0 Å². The van der Waals surface area contributed by atoms with Crippen LogP contribution in [0.15, 0.2) is 0 Å². The second-order valence-electron chi connectivity index (χ2n) is 2.87. The monoisotopic (exact) mass is 240 g/mol. The number of alkyl halides is 3. The van der Waals surface area contributed by atoms with Crippen molar-refractivity contribution in [2.45, 2.75) is 6.18 Å². The molecule has 0 unspecified atom stereocenters. The summed E-state index contributed by atoms with van der Waals surface area (Å²) in [4.78, 5) is 14.3. The molecule has 1 aromatic heterocycles. The van der Waals surface area contributed by atoms with E-state index in [-0.39, 0.29) is 5.13 Å². The van der Waals surface area contributed by atoms with Crippen molar-refractivity contribution in [3.05, 3.63) is 10.6 Å². The maximum atomic E-state index is 12.3.